The Morgan fingerprint density at radius 1 is 1.10 bits per heavy atom. The smallest absolute Gasteiger partial charge is 0.276 e. The van der Waals surface area contributed by atoms with E-state index in [0.29, 0.717) is 17.1 Å². The summed E-state index contributed by atoms with van der Waals surface area (Å²) in [5.41, 5.74) is 6.35. The average molecular weight is 494 g/mol. The molecule has 160 valence electrons. The van der Waals surface area contributed by atoms with E-state index in [-0.39, 0.29) is 17.8 Å². The van der Waals surface area contributed by atoms with Crippen molar-refractivity contribution in [3.8, 4) is 11.5 Å². The molecule has 0 aliphatic heterocycles. The Labute approximate surface area is 189 Å². The van der Waals surface area contributed by atoms with Gasteiger partial charge in [-0.15, -0.1) is 0 Å². The van der Waals surface area contributed by atoms with Crippen molar-refractivity contribution in [2.45, 2.75) is 33.3 Å². The van der Waals surface area contributed by atoms with Gasteiger partial charge < -0.3 is 9.47 Å². The minimum atomic E-state index is -0.457. The Balaban J connectivity index is 1.82. The molecule has 0 atom stereocenters. The summed E-state index contributed by atoms with van der Waals surface area (Å²) in [5, 5.41) is 2.44. The lowest BCUT2D eigenvalue weighted by Gasteiger charge is -2.15. The van der Waals surface area contributed by atoms with Crippen LogP contribution in [0.4, 0.5) is 0 Å². The van der Waals surface area contributed by atoms with Crippen LogP contribution in [-0.2, 0) is 11.2 Å². The van der Waals surface area contributed by atoms with Crippen molar-refractivity contribution in [1.29, 1.82) is 0 Å². The van der Waals surface area contributed by atoms with E-state index in [9.17, 15) is 9.59 Å². The lowest BCUT2D eigenvalue weighted by molar-refractivity contribution is -0.123. The third kappa shape index (κ3) is 7.31. The maximum absolute atomic E-state index is 12.4. The van der Waals surface area contributed by atoms with Crippen molar-refractivity contribution in [2.24, 2.45) is 0 Å². The summed E-state index contributed by atoms with van der Waals surface area (Å²) in [6.45, 7) is 5.57. The number of nitrogens with one attached hydrogen (secondary N) is 3. The number of amides is 2. The van der Waals surface area contributed by atoms with Crippen LogP contribution in [0.3, 0.4) is 0 Å². The summed E-state index contributed by atoms with van der Waals surface area (Å²) >= 11 is 8.48. The number of carbonyl (C=O) groups is 2. The third-order valence-electron chi connectivity index (χ3n) is 3.80. The molecule has 2 aromatic carbocycles. The van der Waals surface area contributed by atoms with E-state index in [1.165, 1.54) is 0 Å². The molecule has 2 amide bonds. The number of aryl methyl sites for hydroxylation is 1. The van der Waals surface area contributed by atoms with Gasteiger partial charge in [0.25, 0.3) is 11.8 Å². The van der Waals surface area contributed by atoms with Crippen LogP contribution in [0.2, 0.25) is 0 Å². The van der Waals surface area contributed by atoms with Gasteiger partial charge in [-0.05, 0) is 78.2 Å². The number of ether oxygens (including phenoxy) is 2. The second-order valence-electron chi connectivity index (χ2n) is 6.53. The molecule has 0 aliphatic rings. The van der Waals surface area contributed by atoms with Crippen molar-refractivity contribution < 1.29 is 19.1 Å². The lowest BCUT2D eigenvalue weighted by atomic mass is 10.2. The maximum atomic E-state index is 12.4. The number of rotatable bonds is 7. The molecule has 0 fully saturated rings. The summed E-state index contributed by atoms with van der Waals surface area (Å²) in [4.78, 5) is 24.4. The number of halogens is 1. The predicted molar refractivity (Wildman–Crippen MR) is 123 cm³/mol. The Hall–Kier alpha value is -2.65. The van der Waals surface area contributed by atoms with Crippen LogP contribution in [0, 0.1) is 0 Å². The fourth-order valence-corrected chi connectivity index (χ4v) is 3.08. The molecule has 7 nitrogen and oxygen atoms in total. The molecule has 0 spiro atoms. The molecular weight excluding hydrogens is 470 g/mol. The highest BCUT2D eigenvalue weighted by molar-refractivity contribution is 9.10. The van der Waals surface area contributed by atoms with Gasteiger partial charge >= 0.3 is 0 Å². The van der Waals surface area contributed by atoms with Gasteiger partial charge in [0.15, 0.2) is 11.7 Å². The first kappa shape index (κ1) is 23.6. The fourth-order valence-electron chi connectivity index (χ4n) is 2.40. The number of benzene rings is 2. The van der Waals surface area contributed by atoms with Crippen LogP contribution in [0.1, 0.15) is 36.7 Å². The number of hydrogen-bond donors (Lipinski definition) is 3. The topological polar surface area (TPSA) is 88.7 Å². The Morgan fingerprint density at radius 2 is 1.83 bits per heavy atom. The molecule has 30 heavy (non-hydrogen) atoms. The largest absolute Gasteiger partial charge is 0.490 e. The highest BCUT2D eigenvalue weighted by Crippen LogP contribution is 2.26. The van der Waals surface area contributed by atoms with Crippen molar-refractivity contribution in [1.82, 2.24) is 16.2 Å². The molecule has 0 aliphatic carbocycles. The van der Waals surface area contributed by atoms with Crippen LogP contribution in [0.15, 0.2) is 46.9 Å². The van der Waals surface area contributed by atoms with Gasteiger partial charge in [-0.2, -0.15) is 0 Å². The highest BCUT2D eigenvalue weighted by Gasteiger charge is 2.15. The number of carbonyl (C=O) groups excluding carboxylic acids is 2. The minimum Gasteiger partial charge on any atom is -0.490 e. The minimum absolute atomic E-state index is 0.0545. The zero-order valence-electron chi connectivity index (χ0n) is 17.0. The van der Waals surface area contributed by atoms with E-state index < -0.39 is 11.8 Å². The van der Waals surface area contributed by atoms with Gasteiger partial charge in [0, 0.05) is 0 Å². The van der Waals surface area contributed by atoms with E-state index in [1.54, 1.807) is 30.3 Å². The van der Waals surface area contributed by atoms with E-state index in [4.69, 9.17) is 21.7 Å². The zero-order valence-corrected chi connectivity index (χ0v) is 19.4. The van der Waals surface area contributed by atoms with Gasteiger partial charge in [0.05, 0.1) is 16.1 Å². The molecule has 2 rings (SSSR count). The summed E-state index contributed by atoms with van der Waals surface area (Å²) < 4.78 is 11.9. The van der Waals surface area contributed by atoms with Crippen molar-refractivity contribution in [3.63, 3.8) is 0 Å². The highest BCUT2D eigenvalue weighted by atomic mass is 79.9. The summed E-state index contributed by atoms with van der Waals surface area (Å²) in [6.07, 6.45) is 0.821. The number of hydrazine groups is 1. The molecule has 0 radical (unpaired) electrons. The molecule has 0 bridgehead atoms. The standard InChI is InChI=1S/C21H24BrN3O4S/c1-4-14-9-10-18(16(22)11-14)28-12-19(26)24-25-21(30)23-20(27)15-7-5-6-8-17(15)29-13(2)3/h5-11,13H,4,12H2,1-3H3,(H,24,26)(H2,23,25,27,30). The fraction of sp³-hybridized carbons (Fsp3) is 0.286. The zero-order chi connectivity index (χ0) is 22.1. The molecule has 2 aromatic rings. The van der Waals surface area contributed by atoms with Gasteiger partial charge in [-0.25, -0.2) is 0 Å². The van der Waals surface area contributed by atoms with Gasteiger partial charge in [-0.1, -0.05) is 25.1 Å². The number of thiocarbonyl (C=S) groups is 1. The van der Waals surface area contributed by atoms with Gasteiger partial charge in [0.1, 0.15) is 11.5 Å². The molecule has 0 heterocycles. The Morgan fingerprint density at radius 3 is 2.50 bits per heavy atom. The van der Waals surface area contributed by atoms with Crippen LogP contribution in [0.25, 0.3) is 0 Å². The van der Waals surface area contributed by atoms with Crippen molar-refractivity contribution in [3.05, 3.63) is 58.1 Å². The molecule has 0 saturated carbocycles. The van der Waals surface area contributed by atoms with Crippen LogP contribution in [0.5, 0.6) is 11.5 Å². The normalized spacial score (nSPS) is 10.3. The molecule has 9 heteroatoms. The van der Waals surface area contributed by atoms with Crippen LogP contribution >= 0.6 is 28.1 Å². The first-order chi connectivity index (χ1) is 14.3. The lowest BCUT2D eigenvalue weighted by Crippen LogP contribution is -2.49. The van der Waals surface area contributed by atoms with E-state index >= 15 is 0 Å². The maximum Gasteiger partial charge on any atom is 0.276 e. The summed E-state index contributed by atoms with van der Waals surface area (Å²) in [7, 11) is 0. The molecular formula is C21H24BrN3O4S. The first-order valence-corrected chi connectivity index (χ1v) is 10.6. The number of para-hydroxylation sites is 1. The van der Waals surface area contributed by atoms with E-state index in [2.05, 4.69) is 39.0 Å². The molecule has 0 aromatic heterocycles. The van der Waals surface area contributed by atoms with Crippen molar-refractivity contribution >= 4 is 45.1 Å². The summed E-state index contributed by atoms with van der Waals surface area (Å²) in [5.74, 6) is 0.0979. The van der Waals surface area contributed by atoms with Crippen LogP contribution in [-0.4, -0.2) is 29.6 Å². The molecule has 0 unspecified atom stereocenters. The monoisotopic (exact) mass is 493 g/mol. The summed E-state index contributed by atoms with van der Waals surface area (Å²) in [6, 6.07) is 12.5. The Bertz CT molecular complexity index is 921. The SMILES string of the molecule is CCc1ccc(OCC(=O)NNC(=S)NC(=O)c2ccccc2OC(C)C)c(Br)c1. The third-order valence-corrected chi connectivity index (χ3v) is 4.62. The predicted octanol–water partition coefficient (Wildman–Crippen LogP) is 3.51. The van der Waals surface area contributed by atoms with Gasteiger partial charge in [0.2, 0.25) is 0 Å². The second-order valence-corrected chi connectivity index (χ2v) is 7.79. The molecule has 3 N–H and O–H groups in total. The second kappa shape index (κ2) is 11.5. The van der Waals surface area contributed by atoms with E-state index in [1.807, 2.05) is 26.0 Å². The molecule has 0 saturated heterocycles. The quantitative estimate of drug-likeness (QED) is 0.404. The van der Waals surface area contributed by atoms with Gasteiger partial charge in [-0.3, -0.25) is 25.8 Å². The number of hydrogen-bond acceptors (Lipinski definition) is 5. The van der Waals surface area contributed by atoms with Crippen LogP contribution < -0.4 is 25.6 Å². The van der Waals surface area contributed by atoms with E-state index in [0.717, 1.165) is 16.5 Å². The average Bonchev–Trinajstić information content (AvgIpc) is 2.71. The van der Waals surface area contributed by atoms with Crippen molar-refractivity contribution in [2.75, 3.05) is 6.61 Å². The Kier molecular flexibility index (Phi) is 9.07. The first-order valence-electron chi connectivity index (χ1n) is 9.37.